The van der Waals surface area contributed by atoms with Gasteiger partial charge in [0.25, 0.3) is 0 Å². The maximum absolute atomic E-state index is 12.9. The molecule has 0 radical (unpaired) electrons. The highest BCUT2D eigenvalue weighted by molar-refractivity contribution is 5.53. The van der Waals surface area contributed by atoms with E-state index in [1.807, 2.05) is 6.07 Å². The fraction of sp³-hybridized carbons (Fsp3) is 0.182. The molecule has 0 aliphatic carbocycles. The second kappa shape index (κ2) is 4.43. The number of nitrogens with one attached hydrogen (secondary N) is 1. The van der Waals surface area contributed by atoms with E-state index in [0.29, 0.717) is 11.3 Å². The van der Waals surface area contributed by atoms with Crippen LogP contribution in [0.5, 0.6) is 0 Å². The molecule has 14 heavy (non-hydrogen) atoms. The van der Waals surface area contributed by atoms with E-state index < -0.39 is 0 Å². The summed E-state index contributed by atoms with van der Waals surface area (Å²) in [5, 5.41) is 11.5. The van der Waals surface area contributed by atoms with Crippen LogP contribution in [0.15, 0.2) is 30.0 Å². The van der Waals surface area contributed by atoms with Gasteiger partial charge >= 0.3 is 0 Å². The van der Waals surface area contributed by atoms with Gasteiger partial charge in [0, 0.05) is 5.69 Å². The number of aryl methyl sites for hydroxylation is 1. The highest BCUT2D eigenvalue weighted by Crippen LogP contribution is 2.15. The molecule has 0 spiro atoms. The lowest BCUT2D eigenvalue weighted by molar-refractivity contribution is 0.619. The minimum atomic E-state index is -0.241. The van der Waals surface area contributed by atoms with Crippen LogP contribution in [0.2, 0.25) is 0 Å². The molecule has 0 unspecified atom stereocenters. The average Bonchev–Trinajstić information content (AvgIpc) is 2.19. The van der Waals surface area contributed by atoms with E-state index >= 15 is 0 Å². The van der Waals surface area contributed by atoms with Crippen molar-refractivity contribution in [2.24, 2.45) is 0 Å². The lowest BCUT2D eigenvalue weighted by atomic mass is 10.2. The minimum Gasteiger partial charge on any atom is -0.347 e. The second-order valence-electron chi connectivity index (χ2n) is 2.90. The predicted molar refractivity (Wildman–Crippen MR) is 54.1 cm³/mol. The third-order valence-corrected chi connectivity index (χ3v) is 1.85. The molecule has 3 heteroatoms. The molecule has 0 aromatic heterocycles. The highest BCUT2D eigenvalue weighted by Gasteiger charge is 1.99. The molecule has 0 aliphatic rings. The third kappa shape index (κ3) is 2.33. The number of anilines is 1. The van der Waals surface area contributed by atoms with Gasteiger partial charge in [-0.3, -0.25) is 0 Å². The van der Waals surface area contributed by atoms with E-state index in [1.165, 1.54) is 6.07 Å². The monoisotopic (exact) mass is 190 g/mol. The standard InChI is InChI=1S/C11H11FN2/c1-3-9(7-13)14-10-4-5-11(12)8(2)6-10/h3-6,14H,1-2H3. The zero-order chi connectivity index (χ0) is 10.6. The fourth-order valence-corrected chi connectivity index (χ4v) is 1.04. The maximum Gasteiger partial charge on any atom is 0.126 e. The Morgan fingerprint density at radius 1 is 1.57 bits per heavy atom. The number of nitriles is 1. The Morgan fingerprint density at radius 3 is 2.79 bits per heavy atom. The summed E-state index contributed by atoms with van der Waals surface area (Å²) in [6, 6.07) is 6.63. The molecular weight excluding hydrogens is 179 g/mol. The van der Waals surface area contributed by atoms with Crippen molar-refractivity contribution in [3.8, 4) is 6.07 Å². The Balaban J connectivity index is 2.89. The first-order valence-electron chi connectivity index (χ1n) is 4.27. The quantitative estimate of drug-likeness (QED) is 0.728. The first kappa shape index (κ1) is 10.3. The molecule has 72 valence electrons. The van der Waals surface area contributed by atoms with Crippen LogP contribution in [0.4, 0.5) is 10.1 Å². The van der Waals surface area contributed by atoms with E-state index in [9.17, 15) is 4.39 Å². The lowest BCUT2D eigenvalue weighted by Gasteiger charge is -2.05. The number of benzene rings is 1. The van der Waals surface area contributed by atoms with Crippen molar-refractivity contribution >= 4 is 5.69 Å². The zero-order valence-corrected chi connectivity index (χ0v) is 8.13. The van der Waals surface area contributed by atoms with Crippen LogP contribution in [0, 0.1) is 24.1 Å². The van der Waals surface area contributed by atoms with Crippen LogP contribution in [-0.4, -0.2) is 0 Å². The lowest BCUT2D eigenvalue weighted by Crippen LogP contribution is -1.97. The Hall–Kier alpha value is -1.82. The fourth-order valence-electron chi connectivity index (χ4n) is 1.04. The number of allylic oxidation sites excluding steroid dienone is 2. The molecule has 1 N–H and O–H groups in total. The first-order chi connectivity index (χ1) is 6.67. The van der Waals surface area contributed by atoms with Crippen LogP contribution >= 0.6 is 0 Å². The topological polar surface area (TPSA) is 35.8 Å². The van der Waals surface area contributed by atoms with Gasteiger partial charge in [0.15, 0.2) is 0 Å². The van der Waals surface area contributed by atoms with Crippen LogP contribution in [0.25, 0.3) is 0 Å². The SMILES string of the molecule is CC=C(C#N)Nc1ccc(F)c(C)c1. The smallest absolute Gasteiger partial charge is 0.126 e. The summed E-state index contributed by atoms with van der Waals surface area (Å²) < 4.78 is 12.9. The second-order valence-corrected chi connectivity index (χ2v) is 2.90. The van der Waals surface area contributed by atoms with E-state index in [0.717, 1.165) is 5.69 Å². The summed E-state index contributed by atoms with van der Waals surface area (Å²) in [5.74, 6) is -0.241. The average molecular weight is 190 g/mol. The molecule has 1 aromatic rings. The summed E-state index contributed by atoms with van der Waals surface area (Å²) in [7, 11) is 0. The summed E-state index contributed by atoms with van der Waals surface area (Å²) in [4.78, 5) is 0. The van der Waals surface area contributed by atoms with Crippen molar-refractivity contribution in [1.29, 1.82) is 5.26 Å². The van der Waals surface area contributed by atoms with Crippen molar-refractivity contribution in [2.75, 3.05) is 5.32 Å². The Kier molecular flexibility index (Phi) is 3.24. The molecule has 0 aliphatic heterocycles. The zero-order valence-electron chi connectivity index (χ0n) is 8.13. The van der Waals surface area contributed by atoms with E-state index in [1.54, 1.807) is 32.1 Å². The van der Waals surface area contributed by atoms with Crippen molar-refractivity contribution < 1.29 is 4.39 Å². The van der Waals surface area contributed by atoms with E-state index in [-0.39, 0.29) is 5.82 Å². The molecule has 1 aromatic carbocycles. The van der Waals surface area contributed by atoms with Gasteiger partial charge in [-0.15, -0.1) is 0 Å². The number of rotatable bonds is 2. The van der Waals surface area contributed by atoms with Gasteiger partial charge in [-0.25, -0.2) is 4.39 Å². The number of halogens is 1. The molecule has 0 atom stereocenters. The first-order valence-corrected chi connectivity index (χ1v) is 4.27. The van der Waals surface area contributed by atoms with Crippen LogP contribution in [-0.2, 0) is 0 Å². The van der Waals surface area contributed by atoms with Gasteiger partial charge < -0.3 is 5.32 Å². The summed E-state index contributed by atoms with van der Waals surface area (Å²) in [5.41, 5.74) is 1.73. The van der Waals surface area contributed by atoms with Gasteiger partial charge in [0.05, 0.1) is 0 Å². The predicted octanol–water partition coefficient (Wildman–Crippen LogP) is 2.97. The van der Waals surface area contributed by atoms with Crippen molar-refractivity contribution in [1.82, 2.24) is 0 Å². The third-order valence-electron chi connectivity index (χ3n) is 1.85. The molecule has 0 fully saturated rings. The van der Waals surface area contributed by atoms with Gasteiger partial charge in [0.2, 0.25) is 0 Å². The van der Waals surface area contributed by atoms with Gasteiger partial charge in [-0.1, -0.05) is 6.08 Å². The van der Waals surface area contributed by atoms with Gasteiger partial charge in [-0.05, 0) is 37.6 Å². The molecule has 2 nitrogen and oxygen atoms in total. The highest BCUT2D eigenvalue weighted by atomic mass is 19.1. The van der Waals surface area contributed by atoms with E-state index in [2.05, 4.69) is 5.32 Å². The van der Waals surface area contributed by atoms with Crippen LogP contribution < -0.4 is 5.32 Å². The number of hydrogen-bond donors (Lipinski definition) is 1. The molecule has 1 rings (SSSR count). The summed E-state index contributed by atoms with van der Waals surface area (Å²) >= 11 is 0. The molecule has 0 saturated heterocycles. The number of nitrogens with zero attached hydrogens (tertiary/aromatic N) is 1. The maximum atomic E-state index is 12.9. The normalized spacial score (nSPS) is 10.9. The van der Waals surface area contributed by atoms with Gasteiger partial charge in [0.1, 0.15) is 17.6 Å². The van der Waals surface area contributed by atoms with Crippen molar-refractivity contribution in [3.05, 3.63) is 41.4 Å². The summed E-state index contributed by atoms with van der Waals surface area (Å²) in [6.07, 6.45) is 1.67. The van der Waals surface area contributed by atoms with Crippen molar-refractivity contribution in [3.63, 3.8) is 0 Å². The Labute approximate surface area is 82.7 Å². The number of hydrogen-bond acceptors (Lipinski definition) is 2. The van der Waals surface area contributed by atoms with E-state index in [4.69, 9.17) is 5.26 Å². The molecule has 0 heterocycles. The van der Waals surface area contributed by atoms with Crippen molar-refractivity contribution in [2.45, 2.75) is 13.8 Å². The Bertz CT molecular complexity index is 402. The Morgan fingerprint density at radius 2 is 2.29 bits per heavy atom. The molecular formula is C11H11FN2. The van der Waals surface area contributed by atoms with Crippen LogP contribution in [0.3, 0.4) is 0 Å². The molecule has 0 amide bonds. The molecule has 0 bridgehead atoms. The van der Waals surface area contributed by atoms with Gasteiger partial charge in [-0.2, -0.15) is 5.26 Å². The largest absolute Gasteiger partial charge is 0.347 e. The van der Waals surface area contributed by atoms with Crippen LogP contribution in [0.1, 0.15) is 12.5 Å². The minimum absolute atomic E-state index is 0.241. The molecule has 0 saturated carbocycles. The summed E-state index contributed by atoms with van der Waals surface area (Å²) in [6.45, 7) is 3.45.